The first-order valence-electron chi connectivity index (χ1n) is 11.0. The molecular weight excluding hydrogens is 328 g/mol. The molecule has 0 aromatic heterocycles. The zero-order chi connectivity index (χ0) is 19.5. The van der Waals surface area contributed by atoms with Crippen LogP contribution in [0.2, 0.25) is 0 Å². The Hall–Kier alpha value is -1.06. The van der Waals surface area contributed by atoms with Crippen LogP contribution < -0.4 is 0 Å². The summed E-state index contributed by atoms with van der Waals surface area (Å²) in [6.45, 7) is 6.94. The van der Waals surface area contributed by atoms with Gasteiger partial charge in [-0.15, -0.1) is 0 Å². The van der Waals surface area contributed by atoms with E-state index in [0.717, 1.165) is 38.5 Å². The Morgan fingerprint density at radius 3 is 1.88 bits per heavy atom. The monoisotopic (exact) mass is 370 g/mol. The lowest BCUT2D eigenvalue weighted by Gasteiger charge is -2.15. The summed E-state index contributed by atoms with van der Waals surface area (Å²) in [6.07, 6.45) is 14.8. The van der Waals surface area contributed by atoms with Crippen LogP contribution in [0.3, 0.4) is 0 Å². The molecule has 0 aromatic carbocycles. The molecule has 0 N–H and O–H groups in total. The van der Waals surface area contributed by atoms with Gasteiger partial charge in [0.1, 0.15) is 6.10 Å². The van der Waals surface area contributed by atoms with E-state index < -0.39 is 0 Å². The van der Waals surface area contributed by atoms with Gasteiger partial charge in [0.25, 0.3) is 0 Å². The standard InChI is InChI=1S/C22H42O4/c1-4-7-9-10-11-12-15-19-25-21(23)17-13-14-18-22(24)26-20(6-3)16-8-5-2/h20H,4-19H2,1-3H3. The van der Waals surface area contributed by atoms with Crippen LogP contribution in [0.1, 0.15) is 117 Å². The van der Waals surface area contributed by atoms with Crippen molar-refractivity contribution in [2.75, 3.05) is 6.61 Å². The van der Waals surface area contributed by atoms with Crippen molar-refractivity contribution in [3.8, 4) is 0 Å². The summed E-state index contributed by atoms with van der Waals surface area (Å²) in [5, 5.41) is 0. The van der Waals surface area contributed by atoms with Gasteiger partial charge in [-0.1, -0.05) is 72.1 Å². The molecule has 0 fully saturated rings. The van der Waals surface area contributed by atoms with E-state index in [9.17, 15) is 9.59 Å². The van der Waals surface area contributed by atoms with Crippen molar-refractivity contribution in [3.63, 3.8) is 0 Å². The average Bonchev–Trinajstić information content (AvgIpc) is 2.64. The summed E-state index contributed by atoms with van der Waals surface area (Å²) in [4.78, 5) is 23.5. The third kappa shape index (κ3) is 16.4. The molecule has 1 unspecified atom stereocenters. The van der Waals surface area contributed by atoms with Gasteiger partial charge in [-0.25, -0.2) is 0 Å². The van der Waals surface area contributed by atoms with Crippen molar-refractivity contribution in [1.29, 1.82) is 0 Å². The molecule has 0 aliphatic rings. The van der Waals surface area contributed by atoms with Crippen molar-refractivity contribution in [1.82, 2.24) is 0 Å². The number of carbonyl (C=O) groups excluding carboxylic acids is 2. The van der Waals surface area contributed by atoms with Crippen molar-refractivity contribution in [3.05, 3.63) is 0 Å². The SMILES string of the molecule is CCCCCCCCCOC(=O)CCCCC(=O)OC(CC)CCCC. The second kappa shape index (κ2) is 18.7. The maximum absolute atomic E-state index is 11.8. The second-order valence-corrected chi connectivity index (χ2v) is 7.21. The Bertz CT molecular complexity index is 341. The lowest BCUT2D eigenvalue weighted by molar-refractivity contribution is -0.150. The highest BCUT2D eigenvalue weighted by Gasteiger charge is 2.12. The van der Waals surface area contributed by atoms with E-state index in [1.807, 2.05) is 0 Å². The smallest absolute Gasteiger partial charge is 0.306 e. The van der Waals surface area contributed by atoms with Crippen LogP contribution >= 0.6 is 0 Å². The van der Waals surface area contributed by atoms with Gasteiger partial charge in [-0.2, -0.15) is 0 Å². The molecule has 0 aromatic rings. The third-order valence-electron chi connectivity index (χ3n) is 4.66. The van der Waals surface area contributed by atoms with E-state index >= 15 is 0 Å². The highest BCUT2D eigenvalue weighted by molar-refractivity contribution is 5.70. The summed E-state index contributed by atoms with van der Waals surface area (Å²) in [5.41, 5.74) is 0. The van der Waals surface area contributed by atoms with E-state index in [2.05, 4.69) is 20.8 Å². The Balaban J connectivity index is 3.51. The maximum Gasteiger partial charge on any atom is 0.306 e. The van der Waals surface area contributed by atoms with Gasteiger partial charge < -0.3 is 9.47 Å². The molecule has 0 aliphatic carbocycles. The minimum absolute atomic E-state index is 0.0504. The van der Waals surface area contributed by atoms with Crippen molar-refractivity contribution < 1.29 is 19.1 Å². The maximum atomic E-state index is 11.8. The molecule has 154 valence electrons. The molecule has 4 heteroatoms. The van der Waals surface area contributed by atoms with Gasteiger partial charge in [-0.05, 0) is 32.1 Å². The van der Waals surface area contributed by atoms with E-state index in [1.165, 1.54) is 32.1 Å². The van der Waals surface area contributed by atoms with E-state index in [0.29, 0.717) is 32.3 Å². The Morgan fingerprint density at radius 2 is 1.27 bits per heavy atom. The topological polar surface area (TPSA) is 52.6 Å². The van der Waals surface area contributed by atoms with Crippen molar-refractivity contribution in [2.45, 2.75) is 123 Å². The molecule has 4 nitrogen and oxygen atoms in total. The van der Waals surface area contributed by atoms with Crippen molar-refractivity contribution >= 4 is 11.9 Å². The quantitative estimate of drug-likeness (QED) is 0.208. The molecule has 0 spiro atoms. The fourth-order valence-electron chi connectivity index (χ4n) is 2.88. The Morgan fingerprint density at radius 1 is 0.692 bits per heavy atom. The molecule has 0 saturated carbocycles. The molecular formula is C22H42O4. The second-order valence-electron chi connectivity index (χ2n) is 7.21. The van der Waals surface area contributed by atoms with Gasteiger partial charge in [-0.3, -0.25) is 9.59 Å². The largest absolute Gasteiger partial charge is 0.466 e. The number of hydrogen-bond acceptors (Lipinski definition) is 4. The summed E-state index contributed by atoms with van der Waals surface area (Å²) in [5.74, 6) is -0.275. The first-order chi connectivity index (χ1) is 12.6. The van der Waals surface area contributed by atoms with Crippen LogP contribution in [0.5, 0.6) is 0 Å². The lowest BCUT2D eigenvalue weighted by Crippen LogP contribution is -2.17. The van der Waals surface area contributed by atoms with Crippen LogP contribution in [0, 0.1) is 0 Å². The first kappa shape index (κ1) is 24.9. The van der Waals surface area contributed by atoms with Gasteiger partial charge in [0.15, 0.2) is 0 Å². The Labute approximate surface area is 161 Å². The minimum Gasteiger partial charge on any atom is -0.466 e. The molecule has 0 saturated heterocycles. The van der Waals surface area contributed by atoms with Crippen LogP contribution in [0.15, 0.2) is 0 Å². The highest BCUT2D eigenvalue weighted by atomic mass is 16.5. The van der Waals surface area contributed by atoms with Crippen molar-refractivity contribution in [2.24, 2.45) is 0 Å². The minimum atomic E-state index is -0.140. The van der Waals surface area contributed by atoms with E-state index in [1.54, 1.807) is 0 Å². The van der Waals surface area contributed by atoms with E-state index in [4.69, 9.17) is 9.47 Å². The molecule has 0 radical (unpaired) electrons. The Kier molecular flexibility index (Phi) is 18.0. The summed E-state index contributed by atoms with van der Waals surface area (Å²) in [7, 11) is 0. The molecule has 26 heavy (non-hydrogen) atoms. The molecule has 0 amide bonds. The van der Waals surface area contributed by atoms with Gasteiger partial charge in [0.05, 0.1) is 6.61 Å². The number of hydrogen-bond donors (Lipinski definition) is 0. The number of carbonyl (C=O) groups is 2. The molecule has 0 heterocycles. The number of unbranched alkanes of at least 4 members (excludes halogenated alkanes) is 8. The molecule has 0 bridgehead atoms. The average molecular weight is 371 g/mol. The van der Waals surface area contributed by atoms with Gasteiger partial charge in [0, 0.05) is 12.8 Å². The van der Waals surface area contributed by atoms with E-state index in [-0.39, 0.29) is 18.0 Å². The summed E-state index contributed by atoms with van der Waals surface area (Å²) in [6, 6.07) is 0. The zero-order valence-electron chi connectivity index (χ0n) is 17.5. The van der Waals surface area contributed by atoms with Gasteiger partial charge in [0.2, 0.25) is 0 Å². The van der Waals surface area contributed by atoms with Crippen LogP contribution in [-0.4, -0.2) is 24.6 Å². The molecule has 1 atom stereocenters. The number of ether oxygens (including phenoxy) is 2. The highest BCUT2D eigenvalue weighted by Crippen LogP contribution is 2.12. The van der Waals surface area contributed by atoms with Crippen LogP contribution in [-0.2, 0) is 19.1 Å². The first-order valence-corrected chi connectivity index (χ1v) is 11.0. The van der Waals surface area contributed by atoms with Crippen LogP contribution in [0.25, 0.3) is 0 Å². The molecule has 0 rings (SSSR count). The number of rotatable bonds is 18. The van der Waals surface area contributed by atoms with Crippen LogP contribution in [0.4, 0.5) is 0 Å². The summed E-state index contributed by atoms with van der Waals surface area (Å²) >= 11 is 0. The number of esters is 2. The lowest BCUT2D eigenvalue weighted by atomic mass is 10.1. The normalized spacial score (nSPS) is 12.0. The molecule has 0 aliphatic heterocycles. The zero-order valence-corrected chi connectivity index (χ0v) is 17.5. The van der Waals surface area contributed by atoms with Gasteiger partial charge >= 0.3 is 11.9 Å². The summed E-state index contributed by atoms with van der Waals surface area (Å²) < 4.78 is 10.7. The predicted octanol–water partition coefficient (Wildman–Crippen LogP) is 6.35. The fourth-order valence-corrected chi connectivity index (χ4v) is 2.88. The third-order valence-corrected chi connectivity index (χ3v) is 4.66. The predicted molar refractivity (Wildman–Crippen MR) is 107 cm³/mol. The fraction of sp³-hybridized carbons (Fsp3) is 0.909.